The van der Waals surface area contributed by atoms with Crippen LogP contribution in [0.2, 0.25) is 0 Å². The summed E-state index contributed by atoms with van der Waals surface area (Å²) < 4.78 is 0. The molecule has 3 nitrogen and oxygen atoms in total. The van der Waals surface area contributed by atoms with Gasteiger partial charge >= 0.3 is 0 Å². The molecular formula is C5H11NO2. The van der Waals surface area contributed by atoms with Crippen molar-refractivity contribution in [2.75, 3.05) is 0 Å². The van der Waals surface area contributed by atoms with Gasteiger partial charge in [0.15, 0.2) is 0 Å². The van der Waals surface area contributed by atoms with E-state index in [1.54, 1.807) is 6.92 Å². The third-order valence-electron chi connectivity index (χ3n) is 0.691. The maximum Gasteiger partial charge on any atom is 0.221 e. The molecule has 0 spiro atoms. The number of hydrogen-bond acceptors (Lipinski definition) is 2. The summed E-state index contributed by atoms with van der Waals surface area (Å²) in [5.74, 6) is -0.125. The zero-order valence-electron chi connectivity index (χ0n) is 5.14. The van der Waals surface area contributed by atoms with Crippen molar-refractivity contribution in [3.8, 4) is 0 Å². The number of rotatable bonds is 2. The second-order valence-corrected chi connectivity index (χ2v) is 1.60. The Morgan fingerprint density at radius 3 is 2.50 bits per heavy atom. The van der Waals surface area contributed by atoms with Crippen molar-refractivity contribution in [1.29, 1.82) is 0 Å². The van der Waals surface area contributed by atoms with E-state index in [1.807, 2.05) is 0 Å². The second kappa shape index (κ2) is 3.43. The summed E-state index contributed by atoms with van der Waals surface area (Å²) in [5.41, 5.74) is 0. The molecule has 0 aromatic rings. The quantitative estimate of drug-likeness (QED) is 0.494. The predicted octanol–water partition coefficient (Wildman–Crippen LogP) is -0.149. The molecule has 1 atom stereocenters. The topological polar surface area (TPSA) is 49.3 Å². The predicted molar refractivity (Wildman–Crippen MR) is 30.1 cm³/mol. The normalized spacial score (nSPS) is 12.9. The monoisotopic (exact) mass is 117 g/mol. The van der Waals surface area contributed by atoms with Crippen molar-refractivity contribution in [3.63, 3.8) is 0 Å². The molecule has 0 radical (unpaired) electrons. The Bertz CT molecular complexity index is 80.5. The van der Waals surface area contributed by atoms with Crippen LogP contribution in [0.5, 0.6) is 0 Å². The van der Waals surface area contributed by atoms with Gasteiger partial charge in [-0.05, 0) is 6.92 Å². The first kappa shape index (κ1) is 7.43. The Balaban J connectivity index is 3.25. The van der Waals surface area contributed by atoms with Crippen LogP contribution in [0.25, 0.3) is 0 Å². The lowest BCUT2D eigenvalue weighted by atomic mass is 10.4. The van der Waals surface area contributed by atoms with Crippen LogP contribution in [0.4, 0.5) is 0 Å². The molecule has 0 saturated carbocycles. The molecule has 1 amide bonds. The molecule has 0 fully saturated rings. The van der Waals surface area contributed by atoms with Crippen LogP contribution in [0.1, 0.15) is 20.3 Å². The van der Waals surface area contributed by atoms with Crippen molar-refractivity contribution in [2.24, 2.45) is 0 Å². The van der Waals surface area contributed by atoms with Gasteiger partial charge in [0.05, 0.1) is 0 Å². The molecule has 0 aliphatic carbocycles. The van der Waals surface area contributed by atoms with Crippen molar-refractivity contribution in [2.45, 2.75) is 26.5 Å². The molecular weight excluding hydrogens is 106 g/mol. The highest BCUT2D eigenvalue weighted by Gasteiger charge is 1.97. The molecule has 2 N–H and O–H groups in total. The Morgan fingerprint density at radius 2 is 2.38 bits per heavy atom. The van der Waals surface area contributed by atoms with Crippen molar-refractivity contribution < 1.29 is 9.90 Å². The minimum Gasteiger partial charge on any atom is -0.374 e. The Morgan fingerprint density at radius 1 is 1.88 bits per heavy atom. The summed E-state index contributed by atoms with van der Waals surface area (Å²) in [6.07, 6.45) is -0.298. The van der Waals surface area contributed by atoms with Gasteiger partial charge in [-0.15, -0.1) is 0 Å². The lowest BCUT2D eigenvalue weighted by Crippen LogP contribution is -2.31. The molecule has 1 unspecified atom stereocenters. The maximum atomic E-state index is 10.4. The van der Waals surface area contributed by atoms with E-state index in [0.29, 0.717) is 6.42 Å². The molecule has 0 aromatic heterocycles. The standard InChI is InChI=1S/C5H11NO2/c1-3-5(8)6-4(2)7/h4,7H,3H2,1-2H3,(H,6,8). The van der Waals surface area contributed by atoms with Crippen LogP contribution in [-0.4, -0.2) is 17.2 Å². The zero-order chi connectivity index (χ0) is 6.57. The fourth-order valence-electron chi connectivity index (χ4n) is 0.335. The van der Waals surface area contributed by atoms with E-state index in [4.69, 9.17) is 5.11 Å². The Hall–Kier alpha value is -0.570. The average molecular weight is 117 g/mol. The summed E-state index contributed by atoms with van der Waals surface area (Å²) in [6, 6.07) is 0. The first-order valence-electron chi connectivity index (χ1n) is 2.64. The van der Waals surface area contributed by atoms with E-state index < -0.39 is 6.23 Å². The number of aliphatic hydroxyl groups excluding tert-OH is 1. The number of nitrogens with one attached hydrogen (secondary N) is 1. The summed E-state index contributed by atoms with van der Waals surface area (Å²) in [6.45, 7) is 3.24. The summed E-state index contributed by atoms with van der Waals surface area (Å²) >= 11 is 0. The largest absolute Gasteiger partial charge is 0.374 e. The molecule has 0 heterocycles. The van der Waals surface area contributed by atoms with E-state index >= 15 is 0 Å². The molecule has 0 aromatic carbocycles. The smallest absolute Gasteiger partial charge is 0.221 e. The molecule has 48 valence electrons. The summed E-state index contributed by atoms with van der Waals surface area (Å²) in [5, 5.41) is 10.8. The van der Waals surface area contributed by atoms with Gasteiger partial charge in [-0.2, -0.15) is 0 Å². The highest BCUT2D eigenvalue weighted by Crippen LogP contribution is 1.76. The maximum absolute atomic E-state index is 10.4. The van der Waals surface area contributed by atoms with Crippen LogP contribution in [-0.2, 0) is 4.79 Å². The van der Waals surface area contributed by atoms with Gasteiger partial charge in [-0.3, -0.25) is 4.79 Å². The summed E-state index contributed by atoms with van der Waals surface area (Å²) in [7, 11) is 0. The van der Waals surface area contributed by atoms with E-state index in [1.165, 1.54) is 6.92 Å². The molecule has 0 aliphatic heterocycles. The van der Waals surface area contributed by atoms with Crippen LogP contribution >= 0.6 is 0 Å². The summed E-state index contributed by atoms with van der Waals surface area (Å²) in [4.78, 5) is 10.4. The molecule has 0 bridgehead atoms. The minimum atomic E-state index is -0.720. The first-order valence-corrected chi connectivity index (χ1v) is 2.64. The number of carbonyl (C=O) groups is 1. The number of carbonyl (C=O) groups excluding carboxylic acids is 1. The molecule has 0 aliphatic rings. The third kappa shape index (κ3) is 3.61. The lowest BCUT2D eigenvalue weighted by Gasteiger charge is -2.03. The minimum absolute atomic E-state index is 0.125. The average Bonchev–Trinajstić information content (AvgIpc) is 1.65. The highest BCUT2D eigenvalue weighted by atomic mass is 16.3. The first-order chi connectivity index (χ1) is 3.66. The van der Waals surface area contributed by atoms with Crippen molar-refractivity contribution >= 4 is 5.91 Å². The highest BCUT2D eigenvalue weighted by molar-refractivity contribution is 5.75. The fraction of sp³-hybridized carbons (Fsp3) is 0.800. The fourth-order valence-corrected chi connectivity index (χ4v) is 0.335. The van der Waals surface area contributed by atoms with Crippen molar-refractivity contribution in [1.82, 2.24) is 5.32 Å². The van der Waals surface area contributed by atoms with Crippen LogP contribution < -0.4 is 5.32 Å². The van der Waals surface area contributed by atoms with Crippen molar-refractivity contribution in [3.05, 3.63) is 0 Å². The van der Waals surface area contributed by atoms with E-state index in [-0.39, 0.29) is 5.91 Å². The lowest BCUT2D eigenvalue weighted by molar-refractivity contribution is -0.123. The number of hydrogen-bond donors (Lipinski definition) is 2. The van der Waals surface area contributed by atoms with Gasteiger partial charge in [0, 0.05) is 6.42 Å². The van der Waals surface area contributed by atoms with Crippen LogP contribution in [0, 0.1) is 0 Å². The van der Waals surface area contributed by atoms with E-state index in [0.717, 1.165) is 0 Å². The Kier molecular flexibility index (Phi) is 3.19. The van der Waals surface area contributed by atoms with E-state index in [9.17, 15) is 4.79 Å². The van der Waals surface area contributed by atoms with Crippen LogP contribution in [0.15, 0.2) is 0 Å². The molecule has 3 heteroatoms. The van der Waals surface area contributed by atoms with Gasteiger partial charge in [-0.25, -0.2) is 0 Å². The van der Waals surface area contributed by atoms with Gasteiger partial charge in [0.1, 0.15) is 6.23 Å². The third-order valence-corrected chi connectivity index (χ3v) is 0.691. The second-order valence-electron chi connectivity index (χ2n) is 1.60. The molecule has 0 rings (SSSR count). The van der Waals surface area contributed by atoms with Gasteiger partial charge in [0.25, 0.3) is 0 Å². The Labute approximate surface area is 48.7 Å². The van der Waals surface area contributed by atoms with Gasteiger partial charge in [-0.1, -0.05) is 6.92 Å². The van der Waals surface area contributed by atoms with Gasteiger partial charge in [0.2, 0.25) is 5.91 Å². The van der Waals surface area contributed by atoms with E-state index in [2.05, 4.69) is 5.32 Å². The molecule has 8 heavy (non-hydrogen) atoms. The molecule has 0 saturated heterocycles. The number of amides is 1. The number of aliphatic hydroxyl groups is 1. The van der Waals surface area contributed by atoms with Crippen LogP contribution in [0.3, 0.4) is 0 Å². The SMILES string of the molecule is CCC(=O)NC(C)O. The van der Waals surface area contributed by atoms with Gasteiger partial charge < -0.3 is 10.4 Å². The zero-order valence-corrected chi connectivity index (χ0v) is 5.14.